The summed E-state index contributed by atoms with van der Waals surface area (Å²) in [5, 5.41) is 3.41. The van der Waals surface area contributed by atoms with Gasteiger partial charge in [0.05, 0.1) is 28.7 Å². The summed E-state index contributed by atoms with van der Waals surface area (Å²) in [4.78, 5) is 6.80. The minimum Gasteiger partial charge on any atom is -0.419 e. The predicted molar refractivity (Wildman–Crippen MR) is 127 cm³/mol. The smallest absolute Gasteiger partial charge is 0.233 e. The van der Waals surface area contributed by atoms with E-state index >= 15 is 0 Å². The van der Waals surface area contributed by atoms with Gasteiger partial charge in [0.25, 0.3) is 0 Å². The van der Waals surface area contributed by atoms with Gasteiger partial charge in [-0.2, -0.15) is 4.98 Å². The van der Waals surface area contributed by atoms with E-state index in [2.05, 4.69) is 31.1 Å². The summed E-state index contributed by atoms with van der Waals surface area (Å²) < 4.78 is 38.7. The number of rotatable bonds is 8. The summed E-state index contributed by atoms with van der Waals surface area (Å²) in [6.07, 6.45) is 0.819. The van der Waals surface area contributed by atoms with Crippen LogP contribution < -0.4 is 5.32 Å². The zero-order valence-corrected chi connectivity index (χ0v) is 20.4. The lowest BCUT2D eigenvalue weighted by Gasteiger charge is -2.26. The number of hydrogen-bond acceptors (Lipinski definition) is 7. The molecule has 7 nitrogen and oxygen atoms in total. The zero-order valence-electron chi connectivity index (χ0n) is 17.3. The zero-order chi connectivity index (χ0) is 22.6. The topological polar surface area (TPSA) is 84.7 Å². The fourth-order valence-electron chi connectivity index (χ4n) is 3.40. The first-order chi connectivity index (χ1) is 15.4. The van der Waals surface area contributed by atoms with Crippen LogP contribution in [0.4, 0.5) is 5.88 Å². The first-order valence-corrected chi connectivity index (χ1v) is 12.9. The number of benzene rings is 2. The van der Waals surface area contributed by atoms with Crippen molar-refractivity contribution in [1.29, 1.82) is 0 Å². The lowest BCUT2D eigenvalue weighted by molar-refractivity contribution is 0.0378. The second-order valence-electron chi connectivity index (χ2n) is 7.32. The van der Waals surface area contributed by atoms with E-state index in [0.717, 1.165) is 43.7 Å². The van der Waals surface area contributed by atoms with E-state index in [1.165, 1.54) is 12.1 Å². The van der Waals surface area contributed by atoms with Gasteiger partial charge in [-0.25, -0.2) is 8.42 Å². The van der Waals surface area contributed by atoms with Gasteiger partial charge in [0, 0.05) is 24.1 Å². The minimum absolute atomic E-state index is 0.116. The Kier molecular flexibility index (Phi) is 7.52. The maximum atomic E-state index is 13.3. The van der Waals surface area contributed by atoms with Crippen molar-refractivity contribution in [3.63, 3.8) is 0 Å². The van der Waals surface area contributed by atoms with Gasteiger partial charge in [0.2, 0.25) is 26.6 Å². The monoisotopic (exact) mass is 539 g/mol. The summed E-state index contributed by atoms with van der Waals surface area (Å²) in [6, 6.07) is 13.5. The summed E-state index contributed by atoms with van der Waals surface area (Å²) in [5.41, 5.74) is 0.530. The van der Waals surface area contributed by atoms with Gasteiger partial charge >= 0.3 is 0 Å². The van der Waals surface area contributed by atoms with Crippen LogP contribution in [0.25, 0.3) is 11.5 Å². The molecule has 2 aromatic carbocycles. The van der Waals surface area contributed by atoms with E-state index in [1.54, 1.807) is 36.4 Å². The minimum atomic E-state index is -3.90. The number of oxazole rings is 1. The highest BCUT2D eigenvalue weighted by molar-refractivity contribution is 9.10. The molecule has 0 saturated carbocycles. The van der Waals surface area contributed by atoms with E-state index in [-0.39, 0.29) is 21.7 Å². The van der Waals surface area contributed by atoms with E-state index in [1.807, 2.05) is 0 Å². The Morgan fingerprint density at radius 2 is 1.81 bits per heavy atom. The van der Waals surface area contributed by atoms with Crippen molar-refractivity contribution in [1.82, 2.24) is 9.88 Å². The van der Waals surface area contributed by atoms with E-state index in [4.69, 9.17) is 20.8 Å². The van der Waals surface area contributed by atoms with Crippen LogP contribution in [0.15, 0.2) is 67.3 Å². The molecule has 0 unspecified atom stereocenters. The molecule has 0 radical (unpaired) electrons. The summed E-state index contributed by atoms with van der Waals surface area (Å²) in [5.74, 6) is 0.270. The molecule has 32 heavy (non-hydrogen) atoms. The average Bonchev–Trinajstić information content (AvgIpc) is 3.23. The van der Waals surface area contributed by atoms with Crippen molar-refractivity contribution in [3.05, 3.63) is 58.0 Å². The molecule has 0 bridgehead atoms. The fraction of sp³-hybridized carbons (Fsp3) is 0.318. The van der Waals surface area contributed by atoms with Crippen molar-refractivity contribution >= 4 is 43.3 Å². The number of hydrogen-bond donors (Lipinski definition) is 1. The van der Waals surface area contributed by atoms with Crippen molar-refractivity contribution in [3.8, 4) is 11.5 Å². The molecular weight excluding hydrogens is 518 g/mol. The van der Waals surface area contributed by atoms with Gasteiger partial charge in [0.1, 0.15) is 0 Å². The largest absolute Gasteiger partial charge is 0.419 e. The molecule has 0 amide bonds. The number of morpholine rings is 1. The average molecular weight is 541 g/mol. The third-order valence-corrected chi connectivity index (χ3v) is 7.66. The van der Waals surface area contributed by atoms with E-state index in [9.17, 15) is 8.42 Å². The molecule has 0 atom stereocenters. The summed E-state index contributed by atoms with van der Waals surface area (Å²) in [7, 11) is -3.90. The van der Waals surface area contributed by atoms with Crippen LogP contribution in [-0.2, 0) is 14.6 Å². The van der Waals surface area contributed by atoms with Gasteiger partial charge in [0.15, 0.2) is 0 Å². The summed E-state index contributed by atoms with van der Waals surface area (Å²) in [6.45, 7) is 4.72. The lowest BCUT2D eigenvalue weighted by Crippen LogP contribution is -2.37. The number of sulfone groups is 1. The Morgan fingerprint density at radius 3 is 2.53 bits per heavy atom. The quantitative estimate of drug-likeness (QED) is 0.414. The Labute approximate surface area is 200 Å². The predicted octanol–water partition coefficient (Wildman–Crippen LogP) is 4.72. The SMILES string of the molecule is O=S(=O)(c1ccc(Br)cc1)c1nc(-c2ccccc2Cl)oc1NCCCN1CCOCC1. The summed E-state index contributed by atoms with van der Waals surface area (Å²) >= 11 is 9.62. The number of nitrogens with zero attached hydrogens (tertiary/aromatic N) is 2. The molecule has 4 rings (SSSR count). The maximum Gasteiger partial charge on any atom is 0.233 e. The molecule has 1 N–H and O–H groups in total. The molecule has 1 aliphatic heterocycles. The molecular formula is C22H23BrClN3O4S. The van der Waals surface area contributed by atoms with Crippen LogP contribution in [0.3, 0.4) is 0 Å². The second kappa shape index (κ2) is 10.4. The normalized spacial score (nSPS) is 15.1. The highest BCUT2D eigenvalue weighted by Crippen LogP contribution is 2.35. The fourth-order valence-corrected chi connectivity index (χ4v) is 5.16. The molecule has 1 fully saturated rings. The lowest BCUT2D eigenvalue weighted by atomic mass is 10.2. The van der Waals surface area contributed by atoms with Gasteiger partial charge in [-0.05, 0) is 49.4 Å². The van der Waals surface area contributed by atoms with Gasteiger partial charge in [-0.1, -0.05) is 39.7 Å². The number of anilines is 1. The molecule has 1 saturated heterocycles. The third kappa shape index (κ3) is 5.35. The first kappa shape index (κ1) is 23.3. The molecule has 1 aliphatic rings. The van der Waals surface area contributed by atoms with Crippen LogP contribution in [0.1, 0.15) is 6.42 Å². The van der Waals surface area contributed by atoms with Crippen LogP contribution in [0.5, 0.6) is 0 Å². The molecule has 2 heterocycles. The molecule has 170 valence electrons. The number of halogens is 2. The molecule has 1 aromatic heterocycles. The second-order valence-corrected chi connectivity index (χ2v) is 10.5. The van der Waals surface area contributed by atoms with Crippen molar-refractivity contribution < 1.29 is 17.6 Å². The van der Waals surface area contributed by atoms with Crippen molar-refractivity contribution in [2.45, 2.75) is 16.3 Å². The van der Waals surface area contributed by atoms with Crippen LogP contribution in [0, 0.1) is 0 Å². The Hall–Kier alpha value is -1.91. The highest BCUT2D eigenvalue weighted by Gasteiger charge is 2.29. The van der Waals surface area contributed by atoms with Crippen LogP contribution in [0.2, 0.25) is 5.02 Å². The molecule has 0 aliphatic carbocycles. The number of nitrogens with one attached hydrogen (secondary N) is 1. The third-order valence-electron chi connectivity index (χ3n) is 5.12. The molecule has 3 aromatic rings. The molecule has 0 spiro atoms. The first-order valence-electron chi connectivity index (χ1n) is 10.3. The van der Waals surface area contributed by atoms with E-state index < -0.39 is 9.84 Å². The van der Waals surface area contributed by atoms with Crippen molar-refractivity contribution in [2.75, 3.05) is 44.7 Å². The highest BCUT2D eigenvalue weighted by atomic mass is 79.9. The van der Waals surface area contributed by atoms with Crippen LogP contribution >= 0.6 is 27.5 Å². The number of aromatic nitrogens is 1. The van der Waals surface area contributed by atoms with E-state index in [0.29, 0.717) is 17.1 Å². The molecule has 10 heteroatoms. The van der Waals surface area contributed by atoms with Gasteiger partial charge in [-0.3, -0.25) is 4.90 Å². The maximum absolute atomic E-state index is 13.3. The van der Waals surface area contributed by atoms with Crippen molar-refractivity contribution in [2.24, 2.45) is 0 Å². The standard InChI is InChI=1S/C22H23BrClN3O4S/c23-16-6-8-17(9-7-16)32(28,29)22-21(25-10-3-11-27-12-14-30-15-13-27)31-20(26-22)18-4-1-2-5-19(18)24/h1-2,4-9,25H,3,10-15H2. The number of ether oxygens (including phenoxy) is 1. The van der Waals surface area contributed by atoms with Crippen LogP contribution in [-0.4, -0.2) is 57.7 Å². The van der Waals surface area contributed by atoms with Gasteiger partial charge < -0.3 is 14.5 Å². The Bertz CT molecular complexity index is 1160. The Balaban J connectivity index is 1.60. The Morgan fingerprint density at radius 1 is 1.09 bits per heavy atom. The van der Waals surface area contributed by atoms with Gasteiger partial charge in [-0.15, -0.1) is 0 Å².